The van der Waals surface area contributed by atoms with E-state index in [0.29, 0.717) is 11.2 Å². The molecule has 0 unspecified atom stereocenters. The van der Waals surface area contributed by atoms with Crippen LogP contribution in [0.4, 0.5) is 0 Å². The first-order chi connectivity index (χ1) is 9.34. The zero-order valence-corrected chi connectivity index (χ0v) is 12.0. The molecule has 6 nitrogen and oxygen atoms in total. The van der Waals surface area contributed by atoms with E-state index >= 15 is 0 Å². The molecule has 0 bridgehead atoms. The third-order valence-electron chi connectivity index (χ3n) is 3.17. The fraction of sp³-hybridized carbons (Fsp3) is 0.357. The van der Waals surface area contributed by atoms with E-state index in [9.17, 15) is 4.79 Å². The Labute approximate surface area is 116 Å². The quantitative estimate of drug-likeness (QED) is 0.735. The number of aryl methyl sites for hydroxylation is 1. The average molecular weight is 271 g/mol. The minimum Gasteiger partial charge on any atom is -0.319 e. The van der Waals surface area contributed by atoms with Crippen LogP contribution in [0.15, 0.2) is 29.5 Å². The minimum absolute atomic E-state index is 0.0923. The Kier molecular flexibility index (Phi) is 2.57. The van der Waals surface area contributed by atoms with Crippen LogP contribution in [0.5, 0.6) is 0 Å². The van der Waals surface area contributed by atoms with Crippen LogP contribution in [-0.2, 0) is 5.54 Å². The van der Waals surface area contributed by atoms with Gasteiger partial charge in [0.2, 0.25) is 0 Å². The predicted octanol–water partition coefficient (Wildman–Crippen LogP) is 1.95. The highest BCUT2D eigenvalue weighted by Crippen LogP contribution is 2.19. The summed E-state index contributed by atoms with van der Waals surface area (Å²) in [5.41, 5.74) is 2.71. The van der Waals surface area contributed by atoms with Gasteiger partial charge in [0, 0.05) is 11.8 Å². The van der Waals surface area contributed by atoms with Crippen LogP contribution in [0.2, 0.25) is 0 Å². The average Bonchev–Trinajstić information content (AvgIpc) is 2.93. The molecule has 1 N–H and O–H groups in total. The lowest BCUT2D eigenvalue weighted by Gasteiger charge is -2.18. The van der Waals surface area contributed by atoms with E-state index in [1.807, 2.05) is 24.0 Å². The standard InChI is InChI=1S/C14H17N5O/c1-9-5-12-13(20)16-11(8-18(12)17-9)10-6-15-19(7-10)14(2,3)4/h5-8H,1-4H3,(H,16,20). The molecule has 0 saturated heterocycles. The Bertz CT molecular complexity index is 831. The molecule has 3 aromatic rings. The molecule has 3 rings (SSSR count). The molecule has 0 amide bonds. The van der Waals surface area contributed by atoms with Crippen LogP contribution in [0.1, 0.15) is 26.5 Å². The summed E-state index contributed by atoms with van der Waals surface area (Å²) >= 11 is 0. The van der Waals surface area contributed by atoms with Gasteiger partial charge < -0.3 is 4.98 Å². The molecular formula is C14H17N5O. The SMILES string of the molecule is Cc1cc2c(=O)[nH]c(-c3cnn(C(C)(C)C)c3)cn2n1. The second-order valence-electron chi connectivity index (χ2n) is 5.96. The van der Waals surface area contributed by atoms with Crippen LogP contribution in [0.25, 0.3) is 16.8 Å². The fourth-order valence-electron chi connectivity index (χ4n) is 2.10. The van der Waals surface area contributed by atoms with Gasteiger partial charge in [0.1, 0.15) is 5.52 Å². The van der Waals surface area contributed by atoms with Gasteiger partial charge >= 0.3 is 0 Å². The summed E-state index contributed by atoms with van der Waals surface area (Å²) in [4.78, 5) is 14.9. The predicted molar refractivity (Wildman–Crippen MR) is 76.8 cm³/mol. The third kappa shape index (κ3) is 2.03. The largest absolute Gasteiger partial charge is 0.319 e. The number of H-pyrrole nitrogens is 1. The maximum Gasteiger partial charge on any atom is 0.274 e. The van der Waals surface area contributed by atoms with Gasteiger partial charge in [-0.2, -0.15) is 10.2 Å². The zero-order valence-electron chi connectivity index (χ0n) is 12.0. The Morgan fingerprint density at radius 2 is 2.00 bits per heavy atom. The van der Waals surface area contributed by atoms with Crippen LogP contribution in [0.3, 0.4) is 0 Å². The number of aromatic amines is 1. The number of hydrogen-bond acceptors (Lipinski definition) is 3. The van der Waals surface area contributed by atoms with Crippen molar-refractivity contribution in [3.63, 3.8) is 0 Å². The first-order valence-electron chi connectivity index (χ1n) is 6.49. The van der Waals surface area contributed by atoms with Gasteiger partial charge in [-0.3, -0.25) is 9.48 Å². The van der Waals surface area contributed by atoms with E-state index in [1.165, 1.54) is 0 Å². The highest BCUT2D eigenvalue weighted by atomic mass is 16.1. The minimum atomic E-state index is -0.147. The summed E-state index contributed by atoms with van der Waals surface area (Å²) in [5, 5.41) is 8.63. The van der Waals surface area contributed by atoms with Gasteiger partial charge in [0.05, 0.1) is 29.3 Å². The number of aromatic nitrogens is 5. The van der Waals surface area contributed by atoms with E-state index in [-0.39, 0.29) is 11.1 Å². The van der Waals surface area contributed by atoms with Crippen molar-refractivity contribution in [2.45, 2.75) is 33.2 Å². The lowest BCUT2D eigenvalue weighted by Crippen LogP contribution is -2.21. The van der Waals surface area contributed by atoms with E-state index in [4.69, 9.17) is 0 Å². The summed E-state index contributed by atoms with van der Waals surface area (Å²) in [6.45, 7) is 8.09. The molecule has 104 valence electrons. The summed E-state index contributed by atoms with van der Waals surface area (Å²) in [6.07, 6.45) is 5.49. The van der Waals surface area contributed by atoms with Crippen molar-refractivity contribution in [2.24, 2.45) is 0 Å². The highest BCUT2D eigenvalue weighted by Gasteiger charge is 2.15. The van der Waals surface area contributed by atoms with E-state index < -0.39 is 0 Å². The number of rotatable bonds is 1. The summed E-state index contributed by atoms with van der Waals surface area (Å²) < 4.78 is 3.48. The molecular weight excluding hydrogens is 254 g/mol. The Morgan fingerprint density at radius 3 is 2.65 bits per heavy atom. The number of nitrogens with zero attached hydrogens (tertiary/aromatic N) is 4. The third-order valence-corrected chi connectivity index (χ3v) is 3.17. The molecule has 3 heterocycles. The summed E-state index contributed by atoms with van der Waals surface area (Å²) in [7, 11) is 0. The second-order valence-corrected chi connectivity index (χ2v) is 5.96. The van der Waals surface area contributed by atoms with Crippen molar-refractivity contribution in [2.75, 3.05) is 0 Å². The van der Waals surface area contributed by atoms with E-state index in [0.717, 1.165) is 11.3 Å². The lowest BCUT2D eigenvalue weighted by molar-refractivity contribution is 0.355. The summed E-state index contributed by atoms with van der Waals surface area (Å²) in [5.74, 6) is 0. The molecule has 20 heavy (non-hydrogen) atoms. The van der Waals surface area contributed by atoms with Gasteiger partial charge in [0.25, 0.3) is 5.56 Å². The van der Waals surface area contributed by atoms with Crippen molar-refractivity contribution in [1.82, 2.24) is 24.4 Å². The smallest absolute Gasteiger partial charge is 0.274 e. The summed E-state index contributed by atoms with van der Waals surface area (Å²) in [6, 6.07) is 1.77. The van der Waals surface area contributed by atoms with E-state index in [2.05, 4.69) is 36.0 Å². The molecule has 0 atom stereocenters. The normalized spacial score (nSPS) is 12.2. The van der Waals surface area contributed by atoms with Crippen LogP contribution < -0.4 is 5.56 Å². The molecule has 0 aliphatic rings. The Morgan fingerprint density at radius 1 is 1.25 bits per heavy atom. The zero-order chi connectivity index (χ0) is 14.5. The van der Waals surface area contributed by atoms with Gasteiger partial charge in [0.15, 0.2) is 0 Å². The van der Waals surface area contributed by atoms with Crippen molar-refractivity contribution < 1.29 is 0 Å². The maximum absolute atomic E-state index is 12.0. The van der Waals surface area contributed by atoms with Crippen molar-refractivity contribution in [1.29, 1.82) is 0 Å². The highest BCUT2D eigenvalue weighted by molar-refractivity contribution is 5.58. The van der Waals surface area contributed by atoms with Crippen LogP contribution in [-0.4, -0.2) is 24.4 Å². The van der Waals surface area contributed by atoms with Crippen molar-refractivity contribution in [3.05, 3.63) is 40.7 Å². The second kappa shape index (κ2) is 4.06. The Balaban J connectivity index is 2.15. The van der Waals surface area contributed by atoms with E-state index in [1.54, 1.807) is 16.8 Å². The van der Waals surface area contributed by atoms with Gasteiger partial charge in [-0.05, 0) is 33.8 Å². The van der Waals surface area contributed by atoms with Crippen LogP contribution in [0, 0.1) is 6.92 Å². The first kappa shape index (κ1) is 12.7. The molecule has 0 aliphatic heterocycles. The topological polar surface area (TPSA) is 68.0 Å². The molecule has 6 heteroatoms. The monoisotopic (exact) mass is 271 g/mol. The van der Waals surface area contributed by atoms with Gasteiger partial charge in [-0.15, -0.1) is 0 Å². The molecule has 3 aromatic heterocycles. The molecule has 0 radical (unpaired) electrons. The van der Waals surface area contributed by atoms with Gasteiger partial charge in [-0.1, -0.05) is 0 Å². The molecule has 0 aliphatic carbocycles. The van der Waals surface area contributed by atoms with Crippen LogP contribution >= 0.6 is 0 Å². The van der Waals surface area contributed by atoms with Crippen molar-refractivity contribution >= 4 is 5.52 Å². The fourth-order valence-corrected chi connectivity index (χ4v) is 2.10. The van der Waals surface area contributed by atoms with Crippen molar-refractivity contribution in [3.8, 4) is 11.3 Å². The molecule has 0 fully saturated rings. The number of nitrogens with one attached hydrogen (secondary N) is 1. The first-order valence-corrected chi connectivity index (χ1v) is 6.49. The maximum atomic E-state index is 12.0. The molecule has 0 spiro atoms. The molecule has 0 aromatic carbocycles. The van der Waals surface area contributed by atoms with Gasteiger partial charge in [-0.25, -0.2) is 4.52 Å². The molecule has 0 saturated carbocycles. The Hall–Kier alpha value is -2.37. The number of fused-ring (bicyclic) bond motifs is 1. The lowest BCUT2D eigenvalue weighted by atomic mass is 10.1. The number of hydrogen-bond donors (Lipinski definition) is 1.